The van der Waals surface area contributed by atoms with Crippen LogP contribution in [0.4, 0.5) is 5.69 Å². The Bertz CT molecular complexity index is 460. The van der Waals surface area contributed by atoms with Gasteiger partial charge < -0.3 is 10.4 Å². The average Bonchev–Trinajstić information content (AvgIpc) is 2.38. The maximum absolute atomic E-state index is 11.9. The Kier molecular flexibility index (Phi) is 5.95. The second-order valence-electron chi connectivity index (χ2n) is 4.25. The maximum Gasteiger partial charge on any atom is 0.273 e. The maximum atomic E-state index is 11.9. The molecule has 0 heterocycles. The topological polar surface area (TPSA) is 92.5 Å². The van der Waals surface area contributed by atoms with Gasteiger partial charge in [0.2, 0.25) is 0 Å². The summed E-state index contributed by atoms with van der Waals surface area (Å²) in [6.45, 7) is 2.22. The first-order chi connectivity index (χ1) is 9.07. The first kappa shape index (κ1) is 15.1. The molecular formula is C13H18N2O4. The number of carbonyl (C=O) groups is 1. The highest BCUT2D eigenvalue weighted by Gasteiger charge is 2.17. The summed E-state index contributed by atoms with van der Waals surface area (Å²) in [4.78, 5) is 22.2. The molecule has 104 valence electrons. The first-order valence-corrected chi connectivity index (χ1v) is 6.21. The molecule has 2 N–H and O–H groups in total. The van der Waals surface area contributed by atoms with Gasteiger partial charge in [-0.05, 0) is 32.3 Å². The largest absolute Gasteiger partial charge is 0.396 e. The van der Waals surface area contributed by atoms with Gasteiger partial charge in [0.05, 0.1) is 4.92 Å². The molecule has 0 unspecified atom stereocenters. The van der Waals surface area contributed by atoms with Gasteiger partial charge in [0.15, 0.2) is 0 Å². The van der Waals surface area contributed by atoms with Crippen molar-refractivity contribution in [1.82, 2.24) is 5.32 Å². The van der Waals surface area contributed by atoms with E-state index in [4.69, 9.17) is 5.11 Å². The van der Waals surface area contributed by atoms with Gasteiger partial charge in [-0.15, -0.1) is 0 Å². The number of nitro groups is 1. The van der Waals surface area contributed by atoms with Gasteiger partial charge >= 0.3 is 0 Å². The number of amides is 1. The Labute approximate surface area is 111 Å². The van der Waals surface area contributed by atoms with E-state index in [1.807, 2.05) is 0 Å². The summed E-state index contributed by atoms with van der Waals surface area (Å²) in [6.07, 6.45) is 2.33. The third-order valence-electron chi connectivity index (χ3n) is 2.87. The molecule has 0 atom stereocenters. The van der Waals surface area contributed by atoms with E-state index in [1.165, 1.54) is 12.1 Å². The Balaban J connectivity index is 2.62. The van der Waals surface area contributed by atoms with Crippen molar-refractivity contribution < 1.29 is 14.8 Å². The third kappa shape index (κ3) is 4.33. The van der Waals surface area contributed by atoms with Crippen LogP contribution in [0.2, 0.25) is 0 Å². The number of rotatable bonds is 7. The number of carbonyl (C=O) groups excluding carboxylic acids is 1. The Hall–Kier alpha value is -1.95. The Morgan fingerprint density at radius 1 is 1.37 bits per heavy atom. The van der Waals surface area contributed by atoms with Gasteiger partial charge in [-0.2, -0.15) is 0 Å². The monoisotopic (exact) mass is 266 g/mol. The zero-order valence-corrected chi connectivity index (χ0v) is 10.9. The van der Waals surface area contributed by atoms with Crippen LogP contribution in [0.3, 0.4) is 0 Å². The smallest absolute Gasteiger partial charge is 0.273 e. The van der Waals surface area contributed by atoms with Gasteiger partial charge in [0.25, 0.3) is 11.6 Å². The van der Waals surface area contributed by atoms with Crippen molar-refractivity contribution >= 4 is 11.6 Å². The lowest BCUT2D eigenvalue weighted by Crippen LogP contribution is -2.25. The lowest BCUT2D eigenvalue weighted by atomic mass is 10.1. The average molecular weight is 266 g/mol. The van der Waals surface area contributed by atoms with E-state index in [9.17, 15) is 14.9 Å². The van der Waals surface area contributed by atoms with Crippen LogP contribution in [0.15, 0.2) is 18.2 Å². The summed E-state index contributed by atoms with van der Waals surface area (Å²) in [5.41, 5.74) is 0.657. The molecule has 1 aromatic rings. The lowest BCUT2D eigenvalue weighted by Gasteiger charge is -2.07. The van der Waals surface area contributed by atoms with E-state index < -0.39 is 4.92 Å². The molecule has 1 amide bonds. The summed E-state index contributed by atoms with van der Waals surface area (Å²) < 4.78 is 0. The number of hydrogen-bond acceptors (Lipinski definition) is 4. The molecule has 0 radical (unpaired) electrons. The molecule has 1 rings (SSSR count). The SMILES string of the molecule is Cc1c(C(=O)NCCCCCO)cccc1[N+](=O)[O-]. The molecule has 0 aromatic heterocycles. The van der Waals surface area contributed by atoms with E-state index in [2.05, 4.69) is 5.32 Å². The number of hydrogen-bond donors (Lipinski definition) is 2. The van der Waals surface area contributed by atoms with Crippen molar-refractivity contribution in [3.05, 3.63) is 39.4 Å². The van der Waals surface area contributed by atoms with Crippen LogP contribution >= 0.6 is 0 Å². The van der Waals surface area contributed by atoms with Crippen molar-refractivity contribution in [2.24, 2.45) is 0 Å². The summed E-state index contributed by atoms with van der Waals surface area (Å²) >= 11 is 0. The number of nitro benzene ring substituents is 1. The normalized spacial score (nSPS) is 10.2. The van der Waals surface area contributed by atoms with Crippen molar-refractivity contribution in [2.75, 3.05) is 13.2 Å². The van der Waals surface area contributed by atoms with Gasteiger partial charge in [-0.25, -0.2) is 0 Å². The molecule has 0 aliphatic heterocycles. The zero-order chi connectivity index (χ0) is 14.3. The molecule has 0 aliphatic carbocycles. The van der Waals surface area contributed by atoms with Gasteiger partial charge in [0.1, 0.15) is 0 Å². The first-order valence-electron chi connectivity index (χ1n) is 6.21. The fraction of sp³-hybridized carbons (Fsp3) is 0.462. The summed E-state index contributed by atoms with van der Waals surface area (Å²) in [5.74, 6) is -0.301. The molecule has 1 aromatic carbocycles. The molecule has 19 heavy (non-hydrogen) atoms. The fourth-order valence-electron chi connectivity index (χ4n) is 1.78. The third-order valence-corrected chi connectivity index (χ3v) is 2.87. The highest BCUT2D eigenvalue weighted by Crippen LogP contribution is 2.20. The number of benzene rings is 1. The predicted octanol–water partition coefficient (Wildman–Crippen LogP) is 1.80. The lowest BCUT2D eigenvalue weighted by molar-refractivity contribution is -0.385. The van der Waals surface area contributed by atoms with Crippen molar-refractivity contribution in [3.63, 3.8) is 0 Å². The van der Waals surface area contributed by atoms with Crippen LogP contribution in [0.1, 0.15) is 35.2 Å². The molecular weight excluding hydrogens is 248 g/mol. The number of nitrogens with one attached hydrogen (secondary N) is 1. The molecule has 0 fully saturated rings. The molecule has 6 nitrogen and oxygen atoms in total. The minimum Gasteiger partial charge on any atom is -0.396 e. The highest BCUT2D eigenvalue weighted by molar-refractivity contribution is 5.96. The Morgan fingerprint density at radius 3 is 2.74 bits per heavy atom. The van der Waals surface area contributed by atoms with Crippen LogP contribution in [-0.2, 0) is 0 Å². The van der Waals surface area contributed by atoms with Crippen LogP contribution in [0.5, 0.6) is 0 Å². The fourth-order valence-corrected chi connectivity index (χ4v) is 1.78. The van der Waals surface area contributed by atoms with E-state index in [1.54, 1.807) is 13.0 Å². The predicted molar refractivity (Wildman–Crippen MR) is 71.1 cm³/mol. The minimum atomic E-state index is -0.493. The van der Waals surface area contributed by atoms with Crippen molar-refractivity contribution in [2.45, 2.75) is 26.2 Å². The number of nitrogens with zero attached hydrogens (tertiary/aromatic N) is 1. The summed E-state index contributed by atoms with van der Waals surface area (Å²) in [7, 11) is 0. The van der Waals surface area contributed by atoms with Crippen LogP contribution in [-0.4, -0.2) is 29.1 Å². The van der Waals surface area contributed by atoms with E-state index in [0.29, 0.717) is 24.1 Å². The molecule has 0 saturated carbocycles. The van der Waals surface area contributed by atoms with E-state index in [-0.39, 0.29) is 18.2 Å². The van der Waals surface area contributed by atoms with Crippen LogP contribution in [0.25, 0.3) is 0 Å². The highest BCUT2D eigenvalue weighted by atomic mass is 16.6. The second-order valence-corrected chi connectivity index (χ2v) is 4.25. The number of unbranched alkanes of at least 4 members (excludes halogenated alkanes) is 2. The summed E-state index contributed by atoms with van der Waals surface area (Å²) in [6, 6.07) is 4.46. The molecule has 0 aliphatic rings. The second kappa shape index (κ2) is 7.48. The van der Waals surface area contributed by atoms with Crippen molar-refractivity contribution in [1.29, 1.82) is 0 Å². The van der Waals surface area contributed by atoms with Crippen LogP contribution < -0.4 is 5.32 Å². The number of aliphatic hydroxyl groups is 1. The van der Waals surface area contributed by atoms with E-state index in [0.717, 1.165) is 12.8 Å². The molecule has 6 heteroatoms. The van der Waals surface area contributed by atoms with Crippen molar-refractivity contribution in [3.8, 4) is 0 Å². The van der Waals surface area contributed by atoms with Gasteiger partial charge in [0, 0.05) is 30.3 Å². The van der Waals surface area contributed by atoms with Gasteiger partial charge in [-0.3, -0.25) is 14.9 Å². The zero-order valence-electron chi connectivity index (χ0n) is 10.9. The summed E-state index contributed by atoms with van der Waals surface area (Å²) in [5, 5.41) is 22.1. The minimum absolute atomic E-state index is 0.0482. The van der Waals surface area contributed by atoms with Gasteiger partial charge in [-0.1, -0.05) is 6.07 Å². The Morgan fingerprint density at radius 2 is 2.11 bits per heavy atom. The molecule has 0 bridgehead atoms. The number of aliphatic hydroxyl groups excluding tert-OH is 1. The van der Waals surface area contributed by atoms with Crippen LogP contribution in [0, 0.1) is 17.0 Å². The van der Waals surface area contributed by atoms with E-state index >= 15 is 0 Å². The molecule has 0 saturated heterocycles. The quantitative estimate of drug-likeness (QED) is 0.447. The molecule has 0 spiro atoms. The standard InChI is InChI=1S/C13H18N2O4/c1-10-11(6-5-7-12(10)15(18)19)13(17)14-8-3-2-4-9-16/h5-7,16H,2-4,8-9H2,1H3,(H,14,17).